The summed E-state index contributed by atoms with van der Waals surface area (Å²) in [7, 11) is 1.76. The molecule has 0 radical (unpaired) electrons. The first-order valence-corrected chi connectivity index (χ1v) is 3.51. The average Bonchev–Trinajstić information content (AvgIpc) is 2.18. The third-order valence-corrected chi connectivity index (χ3v) is 2.00. The van der Waals surface area contributed by atoms with Gasteiger partial charge in [-0.05, 0) is 19.3 Å². The second kappa shape index (κ2) is 3.02. The summed E-state index contributed by atoms with van der Waals surface area (Å²) in [6.45, 7) is 4.85. The van der Waals surface area contributed by atoms with Crippen LogP contribution >= 0.6 is 0 Å². The molecule has 1 heteroatoms. The molecule has 1 unspecified atom stereocenters. The van der Waals surface area contributed by atoms with Crippen LogP contribution < -0.4 is 0 Å². The van der Waals surface area contributed by atoms with Crippen molar-refractivity contribution >= 4 is 0 Å². The zero-order valence-electron chi connectivity index (χ0n) is 6.02. The topological polar surface area (TPSA) is 9.23 Å². The van der Waals surface area contributed by atoms with Gasteiger partial charge >= 0.3 is 0 Å². The lowest BCUT2D eigenvalue weighted by molar-refractivity contribution is 0.168. The van der Waals surface area contributed by atoms with Crippen LogP contribution in [0, 0.1) is 5.92 Å². The van der Waals surface area contributed by atoms with Crippen LogP contribution in [-0.2, 0) is 4.74 Å². The standard InChI is InChI=1S/C8H14O/c1-7-4-3-5-8(7)6-9-2/h8H,1,3-6H2,2H3. The average molecular weight is 126 g/mol. The van der Waals surface area contributed by atoms with Crippen LogP contribution in [0.25, 0.3) is 0 Å². The Kier molecular flexibility index (Phi) is 2.29. The molecule has 1 saturated carbocycles. The minimum Gasteiger partial charge on any atom is -0.384 e. The molecule has 0 saturated heterocycles. The Morgan fingerprint density at radius 1 is 1.78 bits per heavy atom. The molecule has 0 aromatic carbocycles. The maximum Gasteiger partial charge on any atom is 0.0527 e. The Balaban J connectivity index is 2.31. The fourth-order valence-corrected chi connectivity index (χ4v) is 1.39. The summed E-state index contributed by atoms with van der Waals surface area (Å²) in [6.07, 6.45) is 3.81. The summed E-state index contributed by atoms with van der Waals surface area (Å²) >= 11 is 0. The molecular weight excluding hydrogens is 112 g/mol. The monoisotopic (exact) mass is 126 g/mol. The van der Waals surface area contributed by atoms with Crippen LogP contribution in [0.1, 0.15) is 19.3 Å². The largest absolute Gasteiger partial charge is 0.384 e. The van der Waals surface area contributed by atoms with Crippen LogP contribution in [0.2, 0.25) is 0 Å². The van der Waals surface area contributed by atoms with Crippen molar-refractivity contribution in [2.24, 2.45) is 5.92 Å². The van der Waals surface area contributed by atoms with Crippen molar-refractivity contribution in [2.45, 2.75) is 19.3 Å². The quantitative estimate of drug-likeness (QED) is 0.514. The third-order valence-electron chi connectivity index (χ3n) is 2.00. The Morgan fingerprint density at radius 2 is 2.56 bits per heavy atom. The predicted molar refractivity (Wildman–Crippen MR) is 38.4 cm³/mol. The van der Waals surface area contributed by atoms with Crippen LogP contribution in [0.15, 0.2) is 12.2 Å². The molecule has 1 nitrogen and oxygen atoms in total. The molecule has 1 fully saturated rings. The molecule has 0 aromatic heterocycles. The van der Waals surface area contributed by atoms with Gasteiger partial charge in [0.15, 0.2) is 0 Å². The lowest BCUT2D eigenvalue weighted by Crippen LogP contribution is -2.03. The normalized spacial score (nSPS) is 27.2. The molecule has 0 aromatic rings. The predicted octanol–water partition coefficient (Wildman–Crippen LogP) is 1.99. The summed E-state index contributed by atoms with van der Waals surface area (Å²) in [5, 5.41) is 0. The van der Waals surface area contributed by atoms with Crippen LogP contribution in [-0.4, -0.2) is 13.7 Å². The summed E-state index contributed by atoms with van der Waals surface area (Å²) in [6, 6.07) is 0. The zero-order chi connectivity index (χ0) is 6.69. The lowest BCUT2D eigenvalue weighted by atomic mass is 10.1. The molecule has 1 atom stereocenters. The maximum atomic E-state index is 5.04. The lowest BCUT2D eigenvalue weighted by Gasteiger charge is -2.07. The van der Waals surface area contributed by atoms with E-state index in [9.17, 15) is 0 Å². The number of ether oxygens (including phenoxy) is 1. The van der Waals surface area contributed by atoms with Gasteiger partial charge < -0.3 is 4.74 Å². The summed E-state index contributed by atoms with van der Waals surface area (Å²) in [5.41, 5.74) is 1.39. The minimum atomic E-state index is 0.662. The smallest absolute Gasteiger partial charge is 0.0527 e. The third kappa shape index (κ3) is 1.55. The van der Waals surface area contributed by atoms with Gasteiger partial charge in [0.25, 0.3) is 0 Å². The molecule has 0 amide bonds. The first-order valence-electron chi connectivity index (χ1n) is 3.51. The molecule has 9 heavy (non-hydrogen) atoms. The van der Waals surface area contributed by atoms with E-state index in [4.69, 9.17) is 4.74 Å². The second-order valence-electron chi connectivity index (χ2n) is 2.70. The number of rotatable bonds is 2. The Labute approximate surface area is 56.7 Å². The molecule has 0 heterocycles. The zero-order valence-corrected chi connectivity index (χ0v) is 6.02. The molecule has 1 rings (SSSR count). The number of hydrogen-bond donors (Lipinski definition) is 0. The highest BCUT2D eigenvalue weighted by molar-refractivity contribution is 5.05. The van der Waals surface area contributed by atoms with E-state index in [2.05, 4.69) is 6.58 Å². The van der Waals surface area contributed by atoms with Gasteiger partial charge in [-0.1, -0.05) is 12.2 Å². The molecular formula is C8H14O. The van der Waals surface area contributed by atoms with E-state index in [1.54, 1.807) is 7.11 Å². The van der Waals surface area contributed by atoms with E-state index >= 15 is 0 Å². The van der Waals surface area contributed by atoms with Crippen molar-refractivity contribution in [2.75, 3.05) is 13.7 Å². The highest BCUT2D eigenvalue weighted by atomic mass is 16.5. The number of hydrogen-bond acceptors (Lipinski definition) is 1. The molecule has 1 aliphatic rings. The summed E-state index contributed by atoms with van der Waals surface area (Å²) in [4.78, 5) is 0. The van der Waals surface area contributed by atoms with Crippen molar-refractivity contribution in [3.8, 4) is 0 Å². The van der Waals surface area contributed by atoms with Gasteiger partial charge in [-0.2, -0.15) is 0 Å². The van der Waals surface area contributed by atoms with Gasteiger partial charge in [0.2, 0.25) is 0 Å². The molecule has 1 aliphatic carbocycles. The van der Waals surface area contributed by atoms with Crippen molar-refractivity contribution in [3.63, 3.8) is 0 Å². The first-order chi connectivity index (χ1) is 4.34. The fraction of sp³-hybridized carbons (Fsp3) is 0.750. The van der Waals surface area contributed by atoms with Gasteiger partial charge in [0.05, 0.1) is 6.61 Å². The van der Waals surface area contributed by atoms with E-state index < -0.39 is 0 Å². The van der Waals surface area contributed by atoms with Gasteiger partial charge in [0, 0.05) is 13.0 Å². The highest BCUT2D eigenvalue weighted by Crippen LogP contribution is 2.29. The molecule has 0 aliphatic heterocycles. The van der Waals surface area contributed by atoms with E-state index in [-0.39, 0.29) is 0 Å². The van der Waals surface area contributed by atoms with Crippen LogP contribution in [0.4, 0.5) is 0 Å². The van der Waals surface area contributed by atoms with E-state index in [1.807, 2.05) is 0 Å². The SMILES string of the molecule is C=C1CCCC1COC. The van der Waals surface area contributed by atoms with Gasteiger partial charge in [-0.25, -0.2) is 0 Å². The molecule has 52 valence electrons. The van der Waals surface area contributed by atoms with Gasteiger partial charge in [-0.3, -0.25) is 0 Å². The molecule has 0 bridgehead atoms. The molecule has 0 N–H and O–H groups in total. The van der Waals surface area contributed by atoms with E-state index in [0.29, 0.717) is 5.92 Å². The van der Waals surface area contributed by atoms with Crippen molar-refractivity contribution in [1.82, 2.24) is 0 Å². The minimum absolute atomic E-state index is 0.662. The van der Waals surface area contributed by atoms with Crippen molar-refractivity contribution < 1.29 is 4.74 Å². The van der Waals surface area contributed by atoms with Crippen LogP contribution in [0.5, 0.6) is 0 Å². The second-order valence-corrected chi connectivity index (χ2v) is 2.70. The van der Waals surface area contributed by atoms with Crippen LogP contribution in [0.3, 0.4) is 0 Å². The summed E-state index contributed by atoms with van der Waals surface area (Å²) < 4.78 is 5.04. The summed E-state index contributed by atoms with van der Waals surface area (Å²) in [5.74, 6) is 0.662. The van der Waals surface area contributed by atoms with Crippen molar-refractivity contribution in [3.05, 3.63) is 12.2 Å². The first kappa shape index (κ1) is 6.81. The van der Waals surface area contributed by atoms with Gasteiger partial charge in [0.1, 0.15) is 0 Å². The Morgan fingerprint density at radius 3 is 3.00 bits per heavy atom. The van der Waals surface area contributed by atoms with Gasteiger partial charge in [-0.15, -0.1) is 0 Å². The highest BCUT2D eigenvalue weighted by Gasteiger charge is 2.17. The van der Waals surface area contributed by atoms with E-state index in [0.717, 1.165) is 6.61 Å². The number of methoxy groups -OCH3 is 1. The molecule has 0 spiro atoms. The van der Waals surface area contributed by atoms with E-state index in [1.165, 1.54) is 24.8 Å². The Hall–Kier alpha value is -0.300. The Bertz CT molecular complexity index is 107. The fourth-order valence-electron chi connectivity index (χ4n) is 1.39. The van der Waals surface area contributed by atoms with Crippen molar-refractivity contribution in [1.29, 1.82) is 0 Å². The maximum absolute atomic E-state index is 5.04.